The second kappa shape index (κ2) is 17.9. The number of furan rings is 1. The largest absolute Gasteiger partial charge is 0.454 e. The minimum absolute atomic E-state index is 0.802. The minimum Gasteiger partial charge on any atom is -0.454 e. The fourth-order valence-corrected chi connectivity index (χ4v) is 10.3. The Hall–Kier alpha value is -9.44. The summed E-state index contributed by atoms with van der Waals surface area (Å²) >= 11 is 0. The summed E-state index contributed by atoms with van der Waals surface area (Å²) in [7, 11) is 0. The Balaban J connectivity index is 1.11. The molecule has 1 heterocycles. The van der Waals surface area contributed by atoms with Crippen LogP contribution < -0.4 is 9.80 Å². The van der Waals surface area contributed by atoms with Gasteiger partial charge in [-0.1, -0.05) is 206 Å². The molecule has 0 bridgehead atoms. The first-order chi connectivity index (χ1) is 35.2. The number of hydrogen-bond acceptors (Lipinski definition) is 3. The third-order valence-electron chi connectivity index (χ3n) is 13.8. The van der Waals surface area contributed by atoms with E-state index in [2.05, 4.69) is 289 Å². The maximum absolute atomic E-state index is 7.24. The summed E-state index contributed by atoms with van der Waals surface area (Å²) in [6, 6.07) is 100. The molecule has 0 radical (unpaired) electrons. The van der Waals surface area contributed by atoms with Gasteiger partial charge in [0.25, 0.3) is 0 Å². The Kier molecular flexibility index (Phi) is 10.5. The van der Waals surface area contributed by atoms with Crippen molar-refractivity contribution in [1.29, 1.82) is 0 Å². The third-order valence-corrected chi connectivity index (χ3v) is 13.8. The van der Waals surface area contributed by atoms with Crippen LogP contribution >= 0.6 is 0 Å². The Morgan fingerprint density at radius 1 is 0.239 bits per heavy atom. The number of hydrogen-bond donors (Lipinski definition) is 0. The second-order valence-corrected chi connectivity index (χ2v) is 18.1. The number of para-hydroxylation sites is 2. The van der Waals surface area contributed by atoms with Crippen molar-refractivity contribution in [2.45, 2.75) is 0 Å². The molecule has 0 aliphatic carbocycles. The molecule has 0 saturated heterocycles. The van der Waals surface area contributed by atoms with Crippen molar-refractivity contribution in [1.82, 2.24) is 0 Å². The van der Waals surface area contributed by atoms with Crippen LogP contribution in [0.1, 0.15) is 0 Å². The van der Waals surface area contributed by atoms with Gasteiger partial charge in [-0.25, -0.2) is 0 Å². The quantitative estimate of drug-likeness (QED) is 0.136. The Morgan fingerprint density at radius 3 is 1.44 bits per heavy atom. The lowest BCUT2D eigenvalue weighted by atomic mass is 9.95. The summed E-state index contributed by atoms with van der Waals surface area (Å²) in [5.74, 6) is 0. The number of rotatable bonds is 10. The van der Waals surface area contributed by atoms with Crippen LogP contribution in [0.3, 0.4) is 0 Å². The van der Waals surface area contributed by atoms with E-state index >= 15 is 0 Å². The van der Waals surface area contributed by atoms with Crippen molar-refractivity contribution >= 4 is 77.6 Å². The highest BCUT2D eigenvalue weighted by Crippen LogP contribution is 2.51. The smallest absolute Gasteiger partial charge is 0.159 e. The molecule has 0 aliphatic heterocycles. The van der Waals surface area contributed by atoms with Gasteiger partial charge in [0.15, 0.2) is 5.58 Å². The second-order valence-electron chi connectivity index (χ2n) is 18.1. The number of benzene rings is 12. The number of nitrogens with zero attached hydrogens (tertiary/aromatic N) is 2. The van der Waals surface area contributed by atoms with Gasteiger partial charge < -0.3 is 14.2 Å². The standard InChI is InChI=1S/C68H46N2O/c1-5-19-47(20-6-1)49-35-38-58(39-36-49)69(64-32-18-17-31-60(64)50-22-7-2-8-23-50)59-45-63-62-43-53-27-15-16-28-54(53)44-67(62)71-68(63)66(46-59)70(57-29-11-4-12-30-57)65-40-37-56(42-61(65)51-24-9-3-10-25-51)55-34-33-48-21-13-14-26-52(48)41-55/h1-46H. The highest BCUT2D eigenvalue weighted by atomic mass is 16.3. The zero-order chi connectivity index (χ0) is 47.1. The molecule has 334 valence electrons. The fraction of sp³-hybridized carbons (Fsp3) is 0. The van der Waals surface area contributed by atoms with Gasteiger partial charge in [0.05, 0.1) is 17.1 Å². The van der Waals surface area contributed by atoms with Gasteiger partial charge >= 0.3 is 0 Å². The molecule has 0 N–H and O–H groups in total. The normalized spacial score (nSPS) is 11.4. The summed E-state index contributed by atoms with van der Waals surface area (Å²) in [5.41, 5.74) is 16.8. The lowest BCUT2D eigenvalue weighted by Crippen LogP contribution is -2.15. The summed E-state index contributed by atoms with van der Waals surface area (Å²) in [6.45, 7) is 0. The third kappa shape index (κ3) is 7.76. The molecular weight excluding hydrogens is 861 g/mol. The van der Waals surface area contributed by atoms with Crippen molar-refractivity contribution in [2.24, 2.45) is 0 Å². The Labute approximate surface area is 413 Å². The van der Waals surface area contributed by atoms with E-state index in [9.17, 15) is 0 Å². The monoisotopic (exact) mass is 906 g/mol. The summed E-state index contributed by atoms with van der Waals surface area (Å²) in [5, 5.41) is 6.81. The van der Waals surface area contributed by atoms with Crippen LogP contribution in [-0.4, -0.2) is 0 Å². The fourth-order valence-electron chi connectivity index (χ4n) is 10.3. The molecule has 0 fully saturated rings. The Morgan fingerprint density at radius 2 is 0.732 bits per heavy atom. The van der Waals surface area contributed by atoms with Crippen molar-refractivity contribution in [3.63, 3.8) is 0 Å². The van der Waals surface area contributed by atoms with E-state index in [0.29, 0.717) is 0 Å². The topological polar surface area (TPSA) is 19.6 Å². The molecule has 13 rings (SSSR count). The first kappa shape index (κ1) is 41.7. The molecule has 0 aliphatic rings. The van der Waals surface area contributed by atoms with Crippen molar-refractivity contribution in [3.8, 4) is 44.5 Å². The molecule has 0 spiro atoms. The first-order valence-corrected chi connectivity index (χ1v) is 24.2. The van der Waals surface area contributed by atoms with Crippen LogP contribution in [-0.2, 0) is 0 Å². The van der Waals surface area contributed by atoms with Gasteiger partial charge in [0.1, 0.15) is 5.58 Å². The van der Waals surface area contributed by atoms with Crippen molar-refractivity contribution in [2.75, 3.05) is 9.80 Å². The highest BCUT2D eigenvalue weighted by molar-refractivity contribution is 6.16. The van der Waals surface area contributed by atoms with Crippen LogP contribution in [0.5, 0.6) is 0 Å². The molecule has 3 nitrogen and oxygen atoms in total. The van der Waals surface area contributed by atoms with Crippen LogP contribution in [0.15, 0.2) is 283 Å². The predicted molar refractivity (Wildman–Crippen MR) is 300 cm³/mol. The Bertz CT molecular complexity index is 4030. The molecule has 3 heteroatoms. The molecule has 0 unspecified atom stereocenters. The molecule has 0 saturated carbocycles. The lowest BCUT2D eigenvalue weighted by Gasteiger charge is -2.32. The van der Waals surface area contributed by atoms with Crippen LogP contribution in [0.4, 0.5) is 34.1 Å². The van der Waals surface area contributed by atoms with E-state index in [1.54, 1.807) is 0 Å². The van der Waals surface area contributed by atoms with Crippen LogP contribution in [0.2, 0.25) is 0 Å². The number of fused-ring (bicyclic) bond motifs is 5. The van der Waals surface area contributed by atoms with Gasteiger partial charge in [-0.2, -0.15) is 0 Å². The van der Waals surface area contributed by atoms with Gasteiger partial charge in [-0.15, -0.1) is 0 Å². The summed E-state index contributed by atoms with van der Waals surface area (Å²) < 4.78 is 7.24. The van der Waals surface area contributed by atoms with Gasteiger partial charge in [0, 0.05) is 39.0 Å². The van der Waals surface area contributed by atoms with Crippen molar-refractivity contribution < 1.29 is 4.42 Å². The molecular formula is C68H46N2O. The number of anilines is 6. The highest BCUT2D eigenvalue weighted by Gasteiger charge is 2.27. The lowest BCUT2D eigenvalue weighted by molar-refractivity contribution is 0.669. The maximum atomic E-state index is 7.24. The average Bonchev–Trinajstić information content (AvgIpc) is 3.81. The molecule has 0 atom stereocenters. The average molecular weight is 907 g/mol. The van der Waals surface area contributed by atoms with E-state index in [1.165, 1.54) is 21.9 Å². The molecule has 12 aromatic carbocycles. The van der Waals surface area contributed by atoms with Gasteiger partial charge in [-0.05, 0) is 128 Å². The SMILES string of the molecule is c1ccc(-c2ccc(N(c3cc(N(c4ccccc4)c4ccc(-c5ccc6ccccc6c5)cc4-c4ccccc4)c4oc5cc6ccccc6cc5c4c3)c3ccccc3-c3ccccc3)cc2)cc1. The van der Waals surface area contributed by atoms with E-state index in [-0.39, 0.29) is 0 Å². The van der Waals surface area contributed by atoms with Crippen molar-refractivity contribution in [3.05, 3.63) is 279 Å². The summed E-state index contributed by atoms with van der Waals surface area (Å²) in [4.78, 5) is 4.82. The zero-order valence-electron chi connectivity index (χ0n) is 38.9. The van der Waals surface area contributed by atoms with E-state index in [0.717, 1.165) is 100 Å². The van der Waals surface area contributed by atoms with E-state index < -0.39 is 0 Å². The van der Waals surface area contributed by atoms with Gasteiger partial charge in [0.2, 0.25) is 0 Å². The molecule has 1 aromatic heterocycles. The predicted octanol–water partition coefficient (Wildman–Crippen LogP) is 19.5. The summed E-state index contributed by atoms with van der Waals surface area (Å²) in [6.07, 6.45) is 0. The van der Waals surface area contributed by atoms with Crippen LogP contribution in [0.25, 0.3) is 88.0 Å². The molecule has 13 aromatic rings. The molecule has 71 heavy (non-hydrogen) atoms. The van der Waals surface area contributed by atoms with E-state index in [4.69, 9.17) is 4.42 Å². The molecule has 0 amide bonds. The van der Waals surface area contributed by atoms with Crippen LogP contribution in [0, 0.1) is 0 Å². The maximum Gasteiger partial charge on any atom is 0.159 e. The first-order valence-electron chi connectivity index (χ1n) is 24.2. The zero-order valence-corrected chi connectivity index (χ0v) is 38.9. The van der Waals surface area contributed by atoms with E-state index in [1.807, 2.05) is 0 Å². The van der Waals surface area contributed by atoms with Gasteiger partial charge in [-0.3, -0.25) is 0 Å². The minimum atomic E-state index is 0.802.